The highest BCUT2D eigenvalue weighted by Gasteiger charge is 2.13. The lowest BCUT2D eigenvalue weighted by Crippen LogP contribution is -2.35. The second kappa shape index (κ2) is 10.5. The van der Waals surface area contributed by atoms with E-state index in [4.69, 9.17) is 4.74 Å². The van der Waals surface area contributed by atoms with Gasteiger partial charge in [0.2, 0.25) is 5.91 Å². The number of nitrogens with one attached hydrogen (secondary N) is 1. The van der Waals surface area contributed by atoms with Crippen molar-refractivity contribution in [3.63, 3.8) is 0 Å². The van der Waals surface area contributed by atoms with E-state index in [1.807, 2.05) is 61.5 Å². The molecule has 1 N–H and O–H groups in total. The van der Waals surface area contributed by atoms with Crippen molar-refractivity contribution >= 4 is 16.7 Å². The lowest BCUT2D eigenvalue weighted by molar-refractivity contribution is -0.121. The summed E-state index contributed by atoms with van der Waals surface area (Å²) in [5.74, 6) is 0.576. The fraction of sp³-hybridized carbons (Fsp3) is 0.231. The standard InChI is InChI=1S/C26H26N4O3/c1-2-33-21-11-9-19(10-12-21)13-15-28-25(31)18-30-26(32)23-8-4-3-7-22(23)24(29-30)16-20-6-5-14-27-17-20/h3-12,14,17H,2,13,15-16,18H2,1H3,(H,28,31). The van der Waals surface area contributed by atoms with Gasteiger partial charge in [0.15, 0.2) is 0 Å². The first-order valence-corrected chi connectivity index (χ1v) is 11.0. The molecule has 0 aliphatic rings. The first kappa shape index (κ1) is 22.2. The summed E-state index contributed by atoms with van der Waals surface area (Å²) >= 11 is 0. The average molecular weight is 443 g/mol. The van der Waals surface area contributed by atoms with Gasteiger partial charge in [-0.3, -0.25) is 14.6 Å². The molecule has 0 aliphatic heterocycles. The van der Waals surface area contributed by atoms with E-state index in [0.717, 1.165) is 28.0 Å². The summed E-state index contributed by atoms with van der Waals surface area (Å²) in [7, 11) is 0. The Kier molecular flexibility index (Phi) is 7.09. The largest absolute Gasteiger partial charge is 0.494 e. The van der Waals surface area contributed by atoms with Gasteiger partial charge >= 0.3 is 0 Å². The van der Waals surface area contributed by atoms with E-state index < -0.39 is 0 Å². The molecule has 33 heavy (non-hydrogen) atoms. The summed E-state index contributed by atoms with van der Waals surface area (Å²) in [6, 6.07) is 19.0. The van der Waals surface area contributed by atoms with Crippen LogP contribution in [-0.2, 0) is 24.2 Å². The number of amides is 1. The molecule has 0 saturated heterocycles. The third kappa shape index (κ3) is 5.63. The number of hydrogen-bond donors (Lipinski definition) is 1. The highest BCUT2D eigenvalue weighted by molar-refractivity contribution is 5.84. The van der Waals surface area contributed by atoms with Gasteiger partial charge in [-0.1, -0.05) is 36.4 Å². The molecule has 1 amide bonds. The Labute approximate surface area is 192 Å². The third-order valence-electron chi connectivity index (χ3n) is 5.30. The predicted octanol–water partition coefficient (Wildman–Crippen LogP) is 3.14. The van der Waals surface area contributed by atoms with E-state index in [9.17, 15) is 9.59 Å². The summed E-state index contributed by atoms with van der Waals surface area (Å²) in [4.78, 5) is 29.7. The van der Waals surface area contributed by atoms with Crippen molar-refractivity contribution in [2.24, 2.45) is 0 Å². The molecular formula is C26H26N4O3. The van der Waals surface area contributed by atoms with E-state index in [-0.39, 0.29) is 18.0 Å². The number of ether oxygens (including phenoxy) is 1. The van der Waals surface area contributed by atoms with Gasteiger partial charge in [0.25, 0.3) is 5.56 Å². The second-order valence-electron chi connectivity index (χ2n) is 7.67. The molecule has 0 atom stereocenters. The van der Waals surface area contributed by atoms with Crippen molar-refractivity contribution in [3.8, 4) is 5.75 Å². The molecule has 2 heterocycles. The van der Waals surface area contributed by atoms with Crippen LogP contribution < -0.4 is 15.6 Å². The van der Waals surface area contributed by atoms with E-state index in [2.05, 4.69) is 15.4 Å². The molecule has 168 valence electrons. The quantitative estimate of drug-likeness (QED) is 0.430. The second-order valence-corrected chi connectivity index (χ2v) is 7.67. The van der Waals surface area contributed by atoms with Crippen LogP contribution in [0.2, 0.25) is 0 Å². The smallest absolute Gasteiger partial charge is 0.275 e. The van der Waals surface area contributed by atoms with Crippen LogP contribution in [0, 0.1) is 0 Å². The summed E-state index contributed by atoms with van der Waals surface area (Å²) in [6.07, 6.45) is 4.70. The molecule has 2 aromatic heterocycles. The highest BCUT2D eigenvalue weighted by Crippen LogP contribution is 2.16. The Bertz CT molecular complexity index is 1280. The van der Waals surface area contributed by atoms with Gasteiger partial charge < -0.3 is 10.1 Å². The van der Waals surface area contributed by atoms with Crippen LogP contribution in [0.25, 0.3) is 10.8 Å². The van der Waals surface area contributed by atoms with Crippen LogP contribution in [0.5, 0.6) is 5.75 Å². The lowest BCUT2D eigenvalue weighted by Gasteiger charge is -2.12. The van der Waals surface area contributed by atoms with Crippen molar-refractivity contribution in [3.05, 3.63) is 100 Å². The highest BCUT2D eigenvalue weighted by atomic mass is 16.5. The Morgan fingerprint density at radius 2 is 1.79 bits per heavy atom. The number of benzene rings is 2. The number of aromatic nitrogens is 3. The molecule has 0 fully saturated rings. The summed E-state index contributed by atoms with van der Waals surface area (Å²) < 4.78 is 6.70. The Hall–Kier alpha value is -4.00. The molecule has 0 radical (unpaired) electrons. The van der Waals surface area contributed by atoms with E-state index in [1.54, 1.807) is 18.5 Å². The van der Waals surface area contributed by atoms with Crippen LogP contribution in [-0.4, -0.2) is 33.8 Å². The van der Waals surface area contributed by atoms with Crippen molar-refractivity contribution in [1.82, 2.24) is 20.1 Å². The van der Waals surface area contributed by atoms with Gasteiger partial charge in [-0.05, 0) is 48.7 Å². The van der Waals surface area contributed by atoms with Gasteiger partial charge in [-0.15, -0.1) is 0 Å². The molecule has 2 aromatic carbocycles. The van der Waals surface area contributed by atoms with Gasteiger partial charge in [0, 0.05) is 30.7 Å². The molecule has 4 aromatic rings. The van der Waals surface area contributed by atoms with Crippen molar-refractivity contribution in [2.45, 2.75) is 26.3 Å². The number of carbonyl (C=O) groups excluding carboxylic acids is 1. The molecule has 0 saturated carbocycles. The minimum Gasteiger partial charge on any atom is -0.494 e. The van der Waals surface area contributed by atoms with Gasteiger partial charge in [-0.2, -0.15) is 5.10 Å². The Morgan fingerprint density at radius 1 is 1.00 bits per heavy atom. The predicted molar refractivity (Wildman–Crippen MR) is 127 cm³/mol. The molecule has 7 heteroatoms. The number of nitrogens with zero attached hydrogens (tertiary/aromatic N) is 3. The third-order valence-corrected chi connectivity index (χ3v) is 5.30. The number of hydrogen-bond acceptors (Lipinski definition) is 5. The molecule has 0 spiro atoms. The number of fused-ring (bicyclic) bond motifs is 1. The topological polar surface area (TPSA) is 86.1 Å². The minimum absolute atomic E-state index is 0.132. The molecule has 4 rings (SSSR count). The normalized spacial score (nSPS) is 10.8. The molecular weight excluding hydrogens is 416 g/mol. The van der Waals surface area contributed by atoms with Crippen LogP contribution in [0.15, 0.2) is 77.9 Å². The fourth-order valence-corrected chi connectivity index (χ4v) is 3.70. The minimum atomic E-state index is -0.276. The first-order valence-electron chi connectivity index (χ1n) is 11.0. The summed E-state index contributed by atoms with van der Waals surface area (Å²) in [6.45, 7) is 2.91. The zero-order valence-electron chi connectivity index (χ0n) is 18.5. The van der Waals surface area contributed by atoms with Gasteiger partial charge in [0.1, 0.15) is 12.3 Å². The van der Waals surface area contributed by atoms with E-state index in [0.29, 0.717) is 31.4 Å². The van der Waals surface area contributed by atoms with E-state index >= 15 is 0 Å². The molecule has 0 aliphatic carbocycles. The van der Waals surface area contributed by atoms with Crippen molar-refractivity contribution in [1.29, 1.82) is 0 Å². The summed E-state index contributed by atoms with van der Waals surface area (Å²) in [5, 5.41) is 8.75. The number of rotatable bonds is 9. The monoisotopic (exact) mass is 442 g/mol. The van der Waals surface area contributed by atoms with Crippen molar-refractivity contribution in [2.75, 3.05) is 13.2 Å². The summed E-state index contributed by atoms with van der Waals surface area (Å²) in [5.41, 5.74) is 2.54. The SMILES string of the molecule is CCOc1ccc(CCNC(=O)Cn2nc(Cc3cccnc3)c3ccccc3c2=O)cc1. The Balaban J connectivity index is 1.45. The van der Waals surface area contributed by atoms with Crippen LogP contribution >= 0.6 is 0 Å². The lowest BCUT2D eigenvalue weighted by atomic mass is 10.1. The van der Waals surface area contributed by atoms with Crippen LogP contribution in [0.3, 0.4) is 0 Å². The number of pyridine rings is 1. The van der Waals surface area contributed by atoms with E-state index in [1.165, 1.54) is 4.68 Å². The first-order chi connectivity index (χ1) is 16.1. The molecule has 7 nitrogen and oxygen atoms in total. The number of carbonyl (C=O) groups is 1. The zero-order chi connectivity index (χ0) is 23.0. The molecule has 0 unspecified atom stereocenters. The maximum atomic E-state index is 12.9. The van der Waals surface area contributed by atoms with Gasteiger partial charge in [0.05, 0.1) is 17.7 Å². The van der Waals surface area contributed by atoms with Crippen LogP contribution in [0.4, 0.5) is 0 Å². The molecule has 0 bridgehead atoms. The average Bonchev–Trinajstić information content (AvgIpc) is 2.84. The maximum Gasteiger partial charge on any atom is 0.275 e. The van der Waals surface area contributed by atoms with Crippen LogP contribution in [0.1, 0.15) is 23.7 Å². The fourth-order valence-electron chi connectivity index (χ4n) is 3.70. The Morgan fingerprint density at radius 3 is 2.52 bits per heavy atom. The van der Waals surface area contributed by atoms with Gasteiger partial charge in [-0.25, -0.2) is 4.68 Å². The van der Waals surface area contributed by atoms with Crippen molar-refractivity contribution < 1.29 is 9.53 Å². The zero-order valence-corrected chi connectivity index (χ0v) is 18.5. The maximum absolute atomic E-state index is 12.9.